The maximum atomic E-state index is 13.2. The molecule has 0 aliphatic carbocycles. The Labute approximate surface area is 88.3 Å². The first-order valence-corrected chi connectivity index (χ1v) is 5.64. The van der Waals surface area contributed by atoms with Crippen molar-refractivity contribution in [3.05, 3.63) is 29.6 Å². The predicted molar refractivity (Wildman–Crippen MR) is 57.9 cm³/mol. The maximum absolute atomic E-state index is 13.2. The fourth-order valence-electron chi connectivity index (χ4n) is 1.08. The topological polar surface area (TPSA) is 20.2 Å². The van der Waals surface area contributed by atoms with Crippen LogP contribution >= 0.6 is 11.8 Å². The number of rotatable bonds is 4. The van der Waals surface area contributed by atoms with E-state index in [1.165, 1.54) is 6.07 Å². The van der Waals surface area contributed by atoms with Crippen LogP contribution in [0.3, 0.4) is 0 Å². The standard InChI is InChI=1S/C11H15FOS/c1-8(2)7-14-11-5-3-4-10(12)9(11)6-13/h3-5,8,13H,6-7H2,1-2H3. The highest BCUT2D eigenvalue weighted by Gasteiger charge is 2.07. The quantitative estimate of drug-likeness (QED) is 0.777. The van der Waals surface area contributed by atoms with Crippen LogP contribution in [0.1, 0.15) is 19.4 Å². The van der Waals surface area contributed by atoms with Gasteiger partial charge in [-0.05, 0) is 18.1 Å². The number of thioether (sulfide) groups is 1. The molecule has 0 aromatic heterocycles. The van der Waals surface area contributed by atoms with Gasteiger partial charge in [-0.3, -0.25) is 0 Å². The molecule has 0 radical (unpaired) electrons. The van der Waals surface area contributed by atoms with Crippen LogP contribution in [0, 0.1) is 11.7 Å². The van der Waals surface area contributed by atoms with E-state index >= 15 is 0 Å². The molecule has 1 aromatic carbocycles. The van der Waals surface area contributed by atoms with Gasteiger partial charge in [-0.2, -0.15) is 0 Å². The molecule has 1 aromatic rings. The minimum Gasteiger partial charge on any atom is -0.392 e. The highest BCUT2D eigenvalue weighted by atomic mass is 32.2. The molecule has 78 valence electrons. The van der Waals surface area contributed by atoms with Crippen molar-refractivity contribution < 1.29 is 9.50 Å². The van der Waals surface area contributed by atoms with Crippen LogP contribution in [0.2, 0.25) is 0 Å². The summed E-state index contributed by atoms with van der Waals surface area (Å²) in [7, 11) is 0. The Bertz CT molecular complexity index is 299. The summed E-state index contributed by atoms with van der Waals surface area (Å²) in [5.74, 6) is 1.19. The third-order valence-corrected chi connectivity index (χ3v) is 3.33. The largest absolute Gasteiger partial charge is 0.392 e. The van der Waals surface area contributed by atoms with Crippen molar-refractivity contribution in [2.24, 2.45) is 5.92 Å². The second-order valence-electron chi connectivity index (χ2n) is 3.58. The van der Waals surface area contributed by atoms with Gasteiger partial charge in [0.05, 0.1) is 6.61 Å². The Balaban J connectivity index is 2.80. The van der Waals surface area contributed by atoms with E-state index in [1.54, 1.807) is 17.8 Å². The first-order chi connectivity index (χ1) is 6.65. The predicted octanol–water partition coefficient (Wildman–Crippen LogP) is 3.07. The lowest BCUT2D eigenvalue weighted by Crippen LogP contribution is -1.96. The molecular formula is C11H15FOS. The summed E-state index contributed by atoms with van der Waals surface area (Å²) < 4.78 is 13.2. The Morgan fingerprint density at radius 3 is 2.71 bits per heavy atom. The van der Waals surface area contributed by atoms with E-state index in [4.69, 9.17) is 5.11 Å². The van der Waals surface area contributed by atoms with Crippen LogP contribution in [0.5, 0.6) is 0 Å². The molecule has 14 heavy (non-hydrogen) atoms. The maximum Gasteiger partial charge on any atom is 0.129 e. The van der Waals surface area contributed by atoms with Crippen molar-refractivity contribution in [1.82, 2.24) is 0 Å². The van der Waals surface area contributed by atoms with E-state index in [-0.39, 0.29) is 12.4 Å². The third-order valence-electron chi connectivity index (χ3n) is 1.81. The number of hydrogen-bond acceptors (Lipinski definition) is 2. The van der Waals surface area contributed by atoms with Crippen molar-refractivity contribution in [2.45, 2.75) is 25.3 Å². The zero-order valence-electron chi connectivity index (χ0n) is 8.46. The summed E-state index contributed by atoms with van der Waals surface area (Å²) in [6, 6.07) is 4.91. The molecule has 0 unspecified atom stereocenters. The fourth-order valence-corrected chi connectivity index (χ4v) is 2.11. The van der Waals surface area contributed by atoms with Gasteiger partial charge in [-0.15, -0.1) is 11.8 Å². The monoisotopic (exact) mass is 214 g/mol. The summed E-state index contributed by atoms with van der Waals surface area (Å²) in [5.41, 5.74) is 0.415. The van der Waals surface area contributed by atoms with Crippen LogP contribution in [-0.4, -0.2) is 10.9 Å². The van der Waals surface area contributed by atoms with E-state index in [0.29, 0.717) is 11.5 Å². The van der Waals surface area contributed by atoms with E-state index in [9.17, 15) is 4.39 Å². The summed E-state index contributed by atoms with van der Waals surface area (Å²) in [4.78, 5) is 0.848. The normalized spacial score (nSPS) is 10.9. The minimum atomic E-state index is -0.318. The Kier molecular flexibility index (Phi) is 4.42. The SMILES string of the molecule is CC(C)CSc1cccc(F)c1CO. The molecule has 0 fully saturated rings. The van der Waals surface area contributed by atoms with Gasteiger partial charge in [0.15, 0.2) is 0 Å². The molecule has 3 heteroatoms. The van der Waals surface area contributed by atoms with Crippen molar-refractivity contribution in [2.75, 3.05) is 5.75 Å². The minimum absolute atomic E-state index is 0.229. The van der Waals surface area contributed by atoms with E-state index < -0.39 is 0 Å². The highest BCUT2D eigenvalue weighted by molar-refractivity contribution is 7.99. The van der Waals surface area contributed by atoms with Gasteiger partial charge in [-0.1, -0.05) is 19.9 Å². The van der Waals surface area contributed by atoms with Gasteiger partial charge in [0.1, 0.15) is 5.82 Å². The van der Waals surface area contributed by atoms with Gasteiger partial charge in [0, 0.05) is 16.2 Å². The zero-order chi connectivity index (χ0) is 10.6. The molecule has 0 saturated carbocycles. The molecule has 0 heterocycles. The second-order valence-corrected chi connectivity index (χ2v) is 4.64. The molecule has 0 aliphatic heterocycles. The highest BCUT2D eigenvalue weighted by Crippen LogP contribution is 2.26. The molecule has 1 N–H and O–H groups in total. The lowest BCUT2D eigenvalue weighted by Gasteiger charge is -2.09. The van der Waals surface area contributed by atoms with Gasteiger partial charge in [-0.25, -0.2) is 4.39 Å². The smallest absolute Gasteiger partial charge is 0.129 e. The van der Waals surface area contributed by atoms with E-state index in [0.717, 1.165) is 10.6 Å². The average molecular weight is 214 g/mol. The van der Waals surface area contributed by atoms with Crippen molar-refractivity contribution >= 4 is 11.8 Å². The summed E-state index contributed by atoms with van der Waals surface area (Å²) in [6.45, 7) is 4.00. The van der Waals surface area contributed by atoms with Crippen LogP contribution in [0.25, 0.3) is 0 Å². The van der Waals surface area contributed by atoms with Gasteiger partial charge in [0.2, 0.25) is 0 Å². The molecule has 0 aliphatic rings. The number of hydrogen-bond donors (Lipinski definition) is 1. The molecule has 0 saturated heterocycles. The summed E-state index contributed by atoms with van der Waals surface area (Å²) in [6.07, 6.45) is 0. The number of aliphatic hydroxyl groups excluding tert-OH is 1. The first-order valence-electron chi connectivity index (χ1n) is 4.66. The Morgan fingerprint density at radius 2 is 2.14 bits per heavy atom. The van der Waals surface area contributed by atoms with Crippen LogP contribution in [0.15, 0.2) is 23.1 Å². The summed E-state index contributed by atoms with van der Waals surface area (Å²) in [5, 5.41) is 9.01. The fraction of sp³-hybridized carbons (Fsp3) is 0.455. The van der Waals surface area contributed by atoms with Crippen molar-refractivity contribution in [3.8, 4) is 0 Å². The zero-order valence-corrected chi connectivity index (χ0v) is 9.27. The number of aliphatic hydroxyl groups is 1. The van der Waals surface area contributed by atoms with Crippen molar-refractivity contribution in [1.29, 1.82) is 0 Å². The number of halogens is 1. The van der Waals surface area contributed by atoms with E-state index in [1.807, 2.05) is 6.07 Å². The summed E-state index contributed by atoms with van der Waals surface area (Å²) >= 11 is 1.59. The number of benzene rings is 1. The molecule has 0 spiro atoms. The lowest BCUT2D eigenvalue weighted by atomic mass is 10.2. The lowest BCUT2D eigenvalue weighted by molar-refractivity contribution is 0.272. The first kappa shape index (κ1) is 11.5. The molecule has 1 nitrogen and oxygen atoms in total. The Morgan fingerprint density at radius 1 is 1.43 bits per heavy atom. The van der Waals surface area contributed by atoms with Gasteiger partial charge in [0.25, 0.3) is 0 Å². The van der Waals surface area contributed by atoms with Crippen molar-refractivity contribution in [3.63, 3.8) is 0 Å². The average Bonchev–Trinajstić information content (AvgIpc) is 2.14. The Hall–Kier alpha value is -0.540. The molecule has 0 atom stereocenters. The third kappa shape index (κ3) is 3.00. The van der Waals surface area contributed by atoms with Crippen LogP contribution in [-0.2, 0) is 6.61 Å². The van der Waals surface area contributed by atoms with Crippen LogP contribution < -0.4 is 0 Å². The molecule has 0 amide bonds. The van der Waals surface area contributed by atoms with E-state index in [2.05, 4.69) is 13.8 Å². The molecule has 1 rings (SSSR count). The van der Waals surface area contributed by atoms with Gasteiger partial charge >= 0.3 is 0 Å². The van der Waals surface area contributed by atoms with Gasteiger partial charge < -0.3 is 5.11 Å². The molecule has 0 bridgehead atoms. The molecular weight excluding hydrogens is 199 g/mol. The van der Waals surface area contributed by atoms with Crippen LogP contribution in [0.4, 0.5) is 4.39 Å². The second kappa shape index (κ2) is 5.37.